The Hall–Kier alpha value is -1.60. The van der Waals surface area contributed by atoms with Gasteiger partial charge in [0.15, 0.2) is 0 Å². The summed E-state index contributed by atoms with van der Waals surface area (Å²) < 4.78 is 5.51. The molecule has 102 valence electrons. The molecular formula is C16H21NO2. The van der Waals surface area contributed by atoms with E-state index in [0.717, 1.165) is 36.1 Å². The fourth-order valence-corrected chi connectivity index (χ4v) is 2.84. The lowest BCUT2D eigenvalue weighted by atomic mass is 9.71. The first-order valence-electron chi connectivity index (χ1n) is 6.82. The molecule has 1 aromatic rings. The first kappa shape index (κ1) is 13.8. The van der Waals surface area contributed by atoms with Gasteiger partial charge in [-0.2, -0.15) is 4.99 Å². The van der Waals surface area contributed by atoms with Crippen LogP contribution in [0.1, 0.15) is 55.7 Å². The number of methoxy groups -OCH3 is 1. The Labute approximate surface area is 114 Å². The molecule has 19 heavy (non-hydrogen) atoms. The molecule has 3 heteroatoms. The van der Waals surface area contributed by atoms with Crippen molar-refractivity contribution in [1.29, 1.82) is 0 Å². The fourth-order valence-electron chi connectivity index (χ4n) is 2.84. The van der Waals surface area contributed by atoms with E-state index in [1.165, 1.54) is 5.56 Å². The quantitative estimate of drug-likeness (QED) is 0.608. The van der Waals surface area contributed by atoms with Crippen LogP contribution in [0.25, 0.3) is 0 Å². The molecule has 0 aromatic heterocycles. The van der Waals surface area contributed by atoms with Gasteiger partial charge >= 0.3 is 0 Å². The highest BCUT2D eigenvalue weighted by atomic mass is 16.5. The van der Waals surface area contributed by atoms with Crippen LogP contribution in [-0.4, -0.2) is 13.2 Å². The van der Waals surface area contributed by atoms with Gasteiger partial charge in [0.2, 0.25) is 6.08 Å². The zero-order chi connectivity index (χ0) is 14.0. The molecule has 0 unspecified atom stereocenters. The topological polar surface area (TPSA) is 38.7 Å². The third-order valence-electron chi connectivity index (χ3n) is 4.11. The second-order valence-corrected chi connectivity index (χ2v) is 5.66. The number of aliphatic imine (C=N–C) groups is 1. The normalized spacial score (nSPS) is 16.7. The van der Waals surface area contributed by atoms with E-state index < -0.39 is 0 Å². The van der Waals surface area contributed by atoms with Gasteiger partial charge in [-0.25, -0.2) is 4.79 Å². The van der Waals surface area contributed by atoms with Crippen LogP contribution < -0.4 is 4.74 Å². The number of ether oxygens (including phenoxy) is 1. The number of rotatable bonds is 4. The molecule has 1 aliphatic carbocycles. The molecule has 2 rings (SSSR count). The smallest absolute Gasteiger partial charge is 0.235 e. The number of hydrogen-bond donors (Lipinski definition) is 0. The minimum atomic E-state index is -0.331. The Morgan fingerprint density at radius 2 is 2.05 bits per heavy atom. The maximum Gasteiger partial charge on any atom is 0.235 e. The zero-order valence-corrected chi connectivity index (χ0v) is 12.1. The van der Waals surface area contributed by atoms with Crippen molar-refractivity contribution in [1.82, 2.24) is 0 Å². The van der Waals surface area contributed by atoms with Crippen molar-refractivity contribution in [2.24, 2.45) is 4.99 Å². The Balaban J connectivity index is 2.56. The number of carbonyl (C=O) groups excluding carboxylic acids is 1. The maximum absolute atomic E-state index is 10.7. The Morgan fingerprint density at radius 1 is 1.37 bits per heavy atom. The molecule has 0 spiro atoms. The van der Waals surface area contributed by atoms with E-state index in [1.54, 1.807) is 13.2 Å². The summed E-state index contributed by atoms with van der Waals surface area (Å²) in [6.07, 6.45) is 4.74. The number of isocyanates is 1. The fraction of sp³-hybridized carbons (Fsp3) is 0.562. The van der Waals surface area contributed by atoms with Gasteiger partial charge < -0.3 is 4.74 Å². The van der Waals surface area contributed by atoms with Gasteiger partial charge in [0.1, 0.15) is 5.75 Å². The SMILES string of the molecule is COc1c(C)cc(C2(N=C=O)CCC2)cc1C(C)C. The van der Waals surface area contributed by atoms with Gasteiger partial charge in [-0.15, -0.1) is 0 Å². The number of benzene rings is 1. The summed E-state index contributed by atoms with van der Waals surface area (Å²) in [6.45, 7) is 6.35. The van der Waals surface area contributed by atoms with Crippen LogP contribution in [-0.2, 0) is 10.3 Å². The Bertz CT molecular complexity index is 524. The minimum absolute atomic E-state index is 0.331. The first-order chi connectivity index (χ1) is 9.04. The van der Waals surface area contributed by atoms with Crippen LogP contribution >= 0.6 is 0 Å². The van der Waals surface area contributed by atoms with Gasteiger partial charge in [0.05, 0.1) is 12.6 Å². The molecule has 0 atom stereocenters. The number of nitrogens with zero attached hydrogens (tertiary/aromatic N) is 1. The summed E-state index contributed by atoms with van der Waals surface area (Å²) in [4.78, 5) is 14.8. The second-order valence-electron chi connectivity index (χ2n) is 5.66. The lowest BCUT2D eigenvalue weighted by Gasteiger charge is -2.38. The highest BCUT2D eigenvalue weighted by Crippen LogP contribution is 2.47. The molecule has 0 aliphatic heterocycles. The van der Waals surface area contributed by atoms with E-state index >= 15 is 0 Å². The number of aryl methyl sites for hydroxylation is 1. The van der Waals surface area contributed by atoms with Crippen LogP contribution in [0.4, 0.5) is 0 Å². The zero-order valence-electron chi connectivity index (χ0n) is 12.1. The number of hydrogen-bond acceptors (Lipinski definition) is 3. The van der Waals surface area contributed by atoms with Gasteiger partial charge in [-0.05, 0) is 60.9 Å². The summed E-state index contributed by atoms with van der Waals surface area (Å²) in [5, 5.41) is 0. The van der Waals surface area contributed by atoms with Crippen LogP contribution in [0, 0.1) is 6.92 Å². The average molecular weight is 259 g/mol. The summed E-state index contributed by atoms with van der Waals surface area (Å²) in [5.41, 5.74) is 3.09. The van der Waals surface area contributed by atoms with Gasteiger partial charge in [-0.1, -0.05) is 13.8 Å². The average Bonchev–Trinajstić information content (AvgIpc) is 2.32. The van der Waals surface area contributed by atoms with Crippen LogP contribution in [0.5, 0.6) is 5.75 Å². The van der Waals surface area contributed by atoms with Gasteiger partial charge in [0, 0.05) is 0 Å². The maximum atomic E-state index is 10.7. The van der Waals surface area contributed by atoms with Crippen LogP contribution in [0.15, 0.2) is 17.1 Å². The summed E-state index contributed by atoms with van der Waals surface area (Å²) >= 11 is 0. The van der Waals surface area contributed by atoms with E-state index in [-0.39, 0.29) is 5.54 Å². The molecule has 1 aromatic carbocycles. The third-order valence-corrected chi connectivity index (χ3v) is 4.11. The predicted molar refractivity (Wildman–Crippen MR) is 75.5 cm³/mol. The molecule has 0 amide bonds. The van der Waals surface area contributed by atoms with E-state index in [0.29, 0.717) is 5.92 Å². The Kier molecular flexibility index (Phi) is 3.77. The van der Waals surface area contributed by atoms with Gasteiger partial charge in [-0.3, -0.25) is 0 Å². The minimum Gasteiger partial charge on any atom is -0.496 e. The van der Waals surface area contributed by atoms with Crippen molar-refractivity contribution in [3.8, 4) is 5.75 Å². The van der Waals surface area contributed by atoms with E-state index in [1.807, 2.05) is 6.92 Å². The largest absolute Gasteiger partial charge is 0.496 e. The predicted octanol–water partition coefficient (Wildman–Crippen LogP) is 3.84. The van der Waals surface area contributed by atoms with Crippen LogP contribution in [0.2, 0.25) is 0 Å². The van der Waals surface area contributed by atoms with Crippen molar-refractivity contribution in [3.63, 3.8) is 0 Å². The van der Waals surface area contributed by atoms with E-state index in [2.05, 4.69) is 31.0 Å². The Morgan fingerprint density at radius 3 is 2.47 bits per heavy atom. The monoisotopic (exact) mass is 259 g/mol. The highest BCUT2D eigenvalue weighted by molar-refractivity contribution is 5.49. The molecule has 0 saturated heterocycles. The highest BCUT2D eigenvalue weighted by Gasteiger charge is 2.39. The molecule has 1 saturated carbocycles. The second kappa shape index (κ2) is 5.18. The molecule has 0 N–H and O–H groups in total. The third kappa shape index (κ3) is 2.31. The van der Waals surface area contributed by atoms with Crippen LogP contribution in [0.3, 0.4) is 0 Å². The molecule has 0 heterocycles. The van der Waals surface area contributed by atoms with Crippen molar-refractivity contribution in [2.75, 3.05) is 7.11 Å². The summed E-state index contributed by atoms with van der Waals surface area (Å²) in [5.74, 6) is 1.33. The lowest BCUT2D eigenvalue weighted by Crippen LogP contribution is -2.32. The molecule has 1 fully saturated rings. The molecule has 0 bridgehead atoms. The first-order valence-corrected chi connectivity index (χ1v) is 6.82. The molecular weight excluding hydrogens is 238 g/mol. The molecule has 1 aliphatic rings. The van der Waals surface area contributed by atoms with Gasteiger partial charge in [0.25, 0.3) is 0 Å². The summed E-state index contributed by atoms with van der Waals surface area (Å²) in [7, 11) is 1.70. The van der Waals surface area contributed by atoms with Crippen molar-refractivity contribution in [2.45, 2.75) is 51.5 Å². The van der Waals surface area contributed by atoms with E-state index in [9.17, 15) is 4.79 Å². The summed E-state index contributed by atoms with van der Waals surface area (Å²) in [6, 6.07) is 4.25. The van der Waals surface area contributed by atoms with Crippen molar-refractivity contribution in [3.05, 3.63) is 28.8 Å². The van der Waals surface area contributed by atoms with E-state index in [4.69, 9.17) is 4.74 Å². The van der Waals surface area contributed by atoms with Crippen molar-refractivity contribution >= 4 is 6.08 Å². The van der Waals surface area contributed by atoms with Crippen molar-refractivity contribution < 1.29 is 9.53 Å². The molecule has 0 radical (unpaired) electrons. The standard InChI is InChI=1S/C16H21NO2/c1-11(2)14-9-13(8-12(3)15(14)19-4)16(17-10-18)6-5-7-16/h8-9,11H,5-7H2,1-4H3. The lowest BCUT2D eigenvalue weighted by molar-refractivity contribution is 0.255. The molecule has 3 nitrogen and oxygen atoms in total.